The second kappa shape index (κ2) is 9.77. The van der Waals surface area contributed by atoms with Crippen LogP contribution in [0.2, 0.25) is 0 Å². The molecule has 0 spiro atoms. The molecule has 0 radical (unpaired) electrons. The van der Waals surface area contributed by atoms with Gasteiger partial charge >= 0.3 is 11.9 Å². The Morgan fingerprint density at radius 1 is 0.864 bits per heavy atom. The van der Waals surface area contributed by atoms with Crippen molar-refractivity contribution in [1.82, 2.24) is 0 Å². The number of unbranched alkanes of at least 4 members (excludes halogenated alkanes) is 5. The Morgan fingerprint density at radius 3 is 1.95 bits per heavy atom. The van der Waals surface area contributed by atoms with Gasteiger partial charge in [-0.1, -0.05) is 69.4 Å². The van der Waals surface area contributed by atoms with Crippen molar-refractivity contribution in [3.8, 4) is 0 Å². The summed E-state index contributed by atoms with van der Waals surface area (Å²) in [5, 5.41) is 18.4. The average molecular weight is 304 g/mol. The van der Waals surface area contributed by atoms with Crippen LogP contribution in [-0.4, -0.2) is 22.2 Å². The van der Waals surface area contributed by atoms with Crippen LogP contribution < -0.4 is 0 Å². The molecule has 22 heavy (non-hydrogen) atoms. The Morgan fingerprint density at radius 2 is 1.41 bits per heavy atom. The van der Waals surface area contributed by atoms with Gasteiger partial charge in [-0.3, -0.25) is 0 Å². The fraction of sp³-hybridized carbons (Fsp3) is 0.444. The van der Waals surface area contributed by atoms with Crippen molar-refractivity contribution in [2.24, 2.45) is 0 Å². The fourth-order valence-corrected chi connectivity index (χ4v) is 2.48. The van der Waals surface area contributed by atoms with Crippen molar-refractivity contribution in [3.05, 3.63) is 41.5 Å². The molecule has 0 aromatic heterocycles. The Kier molecular flexibility index (Phi) is 7.97. The lowest BCUT2D eigenvalue weighted by atomic mass is 9.94. The first-order valence-electron chi connectivity index (χ1n) is 7.83. The number of rotatable bonds is 10. The summed E-state index contributed by atoms with van der Waals surface area (Å²) in [5.41, 5.74) is 0.576. The molecule has 1 aromatic carbocycles. The molecule has 0 saturated carbocycles. The van der Waals surface area contributed by atoms with Gasteiger partial charge < -0.3 is 10.2 Å². The van der Waals surface area contributed by atoms with Crippen molar-refractivity contribution in [2.45, 2.75) is 51.9 Å². The molecule has 0 bridgehead atoms. The summed E-state index contributed by atoms with van der Waals surface area (Å²) in [6.07, 6.45) is 6.93. The lowest BCUT2D eigenvalue weighted by Crippen LogP contribution is -2.14. The van der Waals surface area contributed by atoms with Gasteiger partial charge in [-0.05, 0) is 24.0 Å². The van der Waals surface area contributed by atoms with Crippen LogP contribution >= 0.6 is 0 Å². The third-order valence-electron chi connectivity index (χ3n) is 3.63. The maximum absolute atomic E-state index is 11.3. The number of aliphatic carboxylic acids is 2. The Balaban J connectivity index is 2.87. The predicted octanol–water partition coefficient (Wildman–Crippen LogP) is 4.36. The average Bonchev–Trinajstić information content (AvgIpc) is 2.49. The minimum atomic E-state index is -1.38. The lowest BCUT2D eigenvalue weighted by molar-refractivity contribution is -0.140. The molecule has 1 rings (SSSR count). The maximum atomic E-state index is 11.3. The molecular weight excluding hydrogens is 280 g/mol. The zero-order valence-corrected chi connectivity index (χ0v) is 13.0. The van der Waals surface area contributed by atoms with E-state index in [1.807, 2.05) is 6.07 Å². The molecule has 1 aromatic rings. The van der Waals surface area contributed by atoms with E-state index in [4.69, 9.17) is 0 Å². The number of carbonyl (C=O) groups is 2. The van der Waals surface area contributed by atoms with E-state index in [0.717, 1.165) is 19.3 Å². The summed E-state index contributed by atoms with van der Waals surface area (Å²) < 4.78 is 0. The molecule has 4 heteroatoms. The van der Waals surface area contributed by atoms with Gasteiger partial charge in [0, 0.05) is 0 Å². The molecule has 4 nitrogen and oxygen atoms in total. The van der Waals surface area contributed by atoms with E-state index in [-0.39, 0.29) is 0 Å². The summed E-state index contributed by atoms with van der Waals surface area (Å²) in [5.74, 6) is -2.75. The topological polar surface area (TPSA) is 74.6 Å². The van der Waals surface area contributed by atoms with Crippen molar-refractivity contribution in [1.29, 1.82) is 0 Å². The normalized spacial score (nSPS) is 10.2. The van der Waals surface area contributed by atoms with E-state index < -0.39 is 17.5 Å². The maximum Gasteiger partial charge on any atom is 0.343 e. The first kappa shape index (κ1) is 18.0. The molecule has 0 aliphatic heterocycles. The van der Waals surface area contributed by atoms with Crippen molar-refractivity contribution < 1.29 is 19.8 Å². The van der Waals surface area contributed by atoms with E-state index >= 15 is 0 Å². The standard InChI is InChI=1S/C18H24O4/c1-2-3-4-5-6-10-13-15(14-11-8-7-9-12-14)16(17(19)20)18(21)22/h7-9,11-12H,2-6,10,13H2,1H3,(H,19,20)(H,21,22). The number of hydrogen-bond acceptors (Lipinski definition) is 2. The Labute approximate surface area is 131 Å². The van der Waals surface area contributed by atoms with Crippen molar-refractivity contribution >= 4 is 17.5 Å². The van der Waals surface area contributed by atoms with Crippen molar-refractivity contribution in [3.63, 3.8) is 0 Å². The molecule has 0 heterocycles. The highest BCUT2D eigenvalue weighted by Gasteiger charge is 2.22. The second-order valence-electron chi connectivity index (χ2n) is 5.35. The SMILES string of the molecule is CCCCCCCCC(=C(C(=O)O)C(=O)O)c1ccccc1. The first-order chi connectivity index (χ1) is 10.6. The molecule has 0 aliphatic carbocycles. The molecule has 0 fully saturated rings. The van der Waals surface area contributed by atoms with Gasteiger partial charge in [0.05, 0.1) is 0 Å². The largest absolute Gasteiger partial charge is 0.477 e. The highest BCUT2D eigenvalue weighted by atomic mass is 16.4. The third-order valence-corrected chi connectivity index (χ3v) is 3.63. The Bertz CT molecular complexity index is 501. The van der Waals surface area contributed by atoms with Gasteiger partial charge in [0.15, 0.2) is 0 Å². The molecule has 120 valence electrons. The van der Waals surface area contributed by atoms with Crippen LogP contribution in [0.5, 0.6) is 0 Å². The molecule has 0 saturated heterocycles. The van der Waals surface area contributed by atoms with Gasteiger partial charge in [0.1, 0.15) is 5.57 Å². The van der Waals surface area contributed by atoms with Gasteiger partial charge in [-0.15, -0.1) is 0 Å². The van der Waals surface area contributed by atoms with Crippen LogP contribution in [0, 0.1) is 0 Å². The minimum absolute atomic E-state index is 0.413. The molecule has 0 aliphatic rings. The van der Waals surface area contributed by atoms with E-state index in [2.05, 4.69) is 6.92 Å². The van der Waals surface area contributed by atoms with Gasteiger partial charge in [0.2, 0.25) is 0 Å². The van der Waals surface area contributed by atoms with Crippen LogP contribution in [-0.2, 0) is 9.59 Å². The van der Waals surface area contributed by atoms with E-state index in [0.29, 0.717) is 17.6 Å². The van der Waals surface area contributed by atoms with Crippen LogP contribution in [0.1, 0.15) is 57.4 Å². The summed E-state index contributed by atoms with van der Waals surface area (Å²) in [6, 6.07) is 8.93. The number of allylic oxidation sites excluding steroid dienone is 1. The van der Waals surface area contributed by atoms with Crippen molar-refractivity contribution in [2.75, 3.05) is 0 Å². The molecule has 2 N–H and O–H groups in total. The van der Waals surface area contributed by atoms with Gasteiger partial charge in [-0.25, -0.2) is 9.59 Å². The highest BCUT2D eigenvalue weighted by molar-refractivity contribution is 6.18. The summed E-state index contributed by atoms with van der Waals surface area (Å²) >= 11 is 0. The van der Waals surface area contributed by atoms with E-state index in [9.17, 15) is 19.8 Å². The smallest absolute Gasteiger partial charge is 0.343 e. The number of carboxylic acid groups (broad SMARTS) is 2. The van der Waals surface area contributed by atoms with Crippen LogP contribution in [0.3, 0.4) is 0 Å². The molecule has 0 atom stereocenters. The zero-order valence-electron chi connectivity index (χ0n) is 13.0. The Hall–Kier alpha value is -2.10. The quantitative estimate of drug-likeness (QED) is 0.291. The summed E-state index contributed by atoms with van der Waals surface area (Å²) in [4.78, 5) is 22.6. The summed E-state index contributed by atoms with van der Waals surface area (Å²) in [6.45, 7) is 2.16. The van der Waals surface area contributed by atoms with Gasteiger partial charge in [0.25, 0.3) is 0 Å². The summed E-state index contributed by atoms with van der Waals surface area (Å²) in [7, 11) is 0. The molecular formula is C18H24O4. The molecule has 0 unspecified atom stereocenters. The van der Waals surface area contributed by atoms with Crippen LogP contribution in [0.15, 0.2) is 35.9 Å². The van der Waals surface area contributed by atoms with Gasteiger partial charge in [-0.2, -0.15) is 0 Å². The van der Waals surface area contributed by atoms with Crippen LogP contribution in [0.25, 0.3) is 5.57 Å². The van der Waals surface area contributed by atoms with E-state index in [1.165, 1.54) is 19.3 Å². The lowest BCUT2D eigenvalue weighted by Gasteiger charge is -2.11. The fourth-order valence-electron chi connectivity index (χ4n) is 2.48. The first-order valence-corrected chi connectivity index (χ1v) is 7.83. The minimum Gasteiger partial charge on any atom is -0.477 e. The zero-order chi connectivity index (χ0) is 16.4. The number of benzene rings is 1. The highest BCUT2D eigenvalue weighted by Crippen LogP contribution is 2.26. The number of hydrogen-bond donors (Lipinski definition) is 2. The third kappa shape index (κ3) is 5.72. The van der Waals surface area contributed by atoms with Crippen LogP contribution in [0.4, 0.5) is 0 Å². The van der Waals surface area contributed by atoms with E-state index in [1.54, 1.807) is 24.3 Å². The molecule has 0 amide bonds. The second-order valence-corrected chi connectivity index (χ2v) is 5.35. The monoisotopic (exact) mass is 304 g/mol. The number of carboxylic acids is 2. The predicted molar refractivity (Wildman–Crippen MR) is 86.6 cm³/mol.